The van der Waals surface area contributed by atoms with Crippen LogP contribution in [0.25, 0.3) is 0 Å². The lowest BCUT2D eigenvalue weighted by atomic mass is 10.0. The van der Waals surface area contributed by atoms with Crippen LogP contribution in [0.2, 0.25) is 0 Å². The Bertz CT molecular complexity index is 1780. The summed E-state index contributed by atoms with van der Waals surface area (Å²) in [5.41, 5.74) is 2.81. The summed E-state index contributed by atoms with van der Waals surface area (Å²) in [5, 5.41) is 30.3. The standard InChI is InChI=1S/C40H44N4O8S/c1-53-22-21-32(39(49)50)41-36(46)34(25-29-17-19-31(45)20-18-29)42-37(47)33(23-27-11-5-2-6-12-27)43-38(48)35(24-28-13-7-3-8-14-28)44-40(51)52-26-30-15-9-4-10-16-30/h2-20,32-35,45H,21-26H2,1H3,(H,41,46)(H,42,47)(H,43,48)(H,44,51)(H,49,50)/t32-,33-,34-,35+/m1/s1. The molecule has 6 N–H and O–H groups in total. The monoisotopic (exact) mass is 740 g/mol. The molecule has 0 radical (unpaired) electrons. The summed E-state index contributed by atoms with van der Waals surface area (Å²) in [6.07, 6.45) is 1.25. The molecule has 0 unspecified atom stereocenters. The summed E-state index contributed by atoms with van der Waals surface area (Å²) < 4.78 is 5.40. The Hall–Kier alpha value is -5.82. The lowest BCUT2D eigenvalue weighted by molar-refractivity contribution is -0.142. The number of ether oxygens (including phenoxy) is 1. The van der Waals surface area contributed by atoms with Crippen LogP contribution in [0.1, 0.15) is 28.7 Å². The largest absolute Gasteiger partial charge is 0.508 e. The van der Waals surface area contributed by atoms with Gasteiger partial charge >= 0.3 is 12.1 Å². The molecule has 278 valence electrons. The number of hydrogen-bond donors (Lipinski definition) is 6. The number of thioether (sulfide) groups is 1. The van der Waals surface area contributed by atoms with Crippen molar-refractivity contribution < 1.29 is 38.9 Å². The van der Waals surface area contributed by atoms with Crippen molar-refractivity contribution in [3.63, 3.8) is 0 Å². The van der Waals surface area contributed by atoms with Crippen LogP contribution in [0.3, 0.4) is 0 Å². The van der Waals surface area contributed by atoms with Crippen LogP contribution in [0.15, 0.2) is 115 Å². The minimum atomic E-state index is -1.25. The van der Waals surface area contributed by atoms with Gasteiger partial charge in [-0.15, -0.1) is 0 Å². The zero-order chi connectivity index (χ0) is 38.0. The number of carboxylic acids is 1. The number of amides is 4. The molecule has 4 rings (SSSR count). The molecule has 4 aromatic rings. The van der Waals surface area contributed by atoms with Crippen LogP contribution < -0.4 is 21.3 Å². The van der Waals surface area contributed by atoms with Crippen molar-refractivity contribution in [1.29, 1.82) is 0 Å². The number of aliphatic carboxylic acids is 1. The van der Waals surface area contributed by atoms with E-state index in [-0.39, 0.29) is 38.0 Å². The van der Waals surface area contributed by atoms with Gasteiger partial charge in [-0.1, -0.05) is 103 Å². The van der Waals surface area contributed by atoms with Crippen molar-refractivity contribution in [2.24, 2.45) is 0 Å². The van der Waals surface area contributed by atoms with Gasteiger partial charge in [0.25, 0.3) is 0 Å². The molecular formula is C40H44N4O8S. The maximum Gasteiger partial charge on any atom is 0.408 e. The Morgan fingerprint density at radius 2 is 0.962 bits per heavy atom. The first-order valence-electron chi connectivity index (χ1n) is 17.1. The summed E-state index contributed by atoms with van der Waals surface area (Å²) >= 11 is 1.43. The molecule has 4 aromatic carbocycles. The van der Waals surface area contributed by atoms with Crippen molar-refractivity contribution in [1.82, 2.24) is 21.3 Å². The Morgan fingerprint density at radius 1 is 0.566 bits per heavy atom. The zero-order valence-electron chi connectivity index (χ0n) is 29.3. The van der Waals surface area contributed by atoms with Crippen LogP contribution in [0.5, 0.6) is 5.75 Å². The number of alkyl carbamates (subject to hydrolysis) is 1. The summed E-state index contributed by atoms with van der Waals surface area (Å²) in [4.78, 5) is 66.7. The number of aromatic hydroxyl groups is 1. The molecule has 4 amide bonds. The number of phenolic OH excluding ortho intramolecular Hbond substituents is 1. The van der Waals surface area contributed by atoms with E-state index in [0.29, 0.717) is 16.9 Å². The van der Waals surface area contributed by atoms with Crippen LogP contribution in [0, 0.1) is 0 Å². The molecule has 13 heteroatoms. The fraction of sp³-hybridized carbons (Fsp3) is 0.275. The minimum Gasteiger partial charge on any atom is -0.508 e. The molecule has 0 aromatic heterocycles. The van der Waals surface area contributed by atoms with Gasteiger partial charge in [-0.2, -0.15) is 11.8 Å². The van der Waals surface area contributed by atoms with E-state index >= 15 is 0 Å². The van der Waals surface area contributed by atoms with Gasteiger partial charge in [-0.3, -0.25) is 14.4 Å². The van der Waals surface area contributed by atoms with Gasteiger partial charge in [0.05, 0.1) is 0 Å². The Morgan fingerprint density at radius 3 is 1.40 bits per heavy atom. The van der Waals surface area contributed by atoms with E-state index in [1.54, 1.807) is 60.7 Å². The van der Waals surface area contributed by atoms with E-state index in [0.717, 1.165) is 11.1 Å². The quantitative estimate of drug-likeness (QED) is 0.0828. The van der Waals surface area contributed by atoms with Crippen molar-refractivity contribution >= 4 is 41.5 Å². The average Bonchev–Trinajstić information content (AvgIpc) is 3.16. The second kappa shape index (κ2) is 20.9. The summed E-state index contributed by atoms with van der Waals surface area (Å²) in [6.45, 7) is -0.0180. The number of rotatable bonds is 19. The number of carbonyl (C=O) groups is 5. The third-order valence-electron chi connectivity index (χ3n) is 8.25. The van der Waals surface area contributed by atoms with Gasteiger partial charge < -0.3 is 36.2 Å². The Balaban J connectivity index is 1.58. The maximum atomic E-state index is 14.1. The van der Waals surface area contributed by atoms with E-state index < -0.39 is 54.0 Å². The lowest BCUT2D eigenvalue weighted by Crippen LogP contribution is -2.59. The number of carbonyl (C=O) groups excluding carboxylic acids is 4. The van der Waals surface area contributed by atoms with E-state index in [2.05, 4.69) is 21.3 Å². The van der Waals surface area contributed by atoms with Crippen LogP contribution in [-0.4, -0.2) is 76.2 Å². The molecule has 0 aliphatic rings. The predicted molar refractivity (Wildman–Crippen MR) is 202 cm³/mol. The highest BCUT2D eigenvalue weighted by Gasteiger charge is 2.32. The molecule has 0 heterocycles. The lowest BCUT2D eigenvalue weighted by Gasteiger charge is -2.26. The number of nitrogens with one attached hydrogen (secondary N) is 4. The van der Waals surface area contributed by atoms with E-state index in [1.807, 2.05) is 48.7 Å². The van der Waals surface area contributed by atoms with Crippen LogP contribution >= 0.6 is 11.8 Å². The van der Waals surface area contributed by atoms with Gasteiger partial charge in [0.2, 0.25) is 17.7 Å². The molecule has 0 aliphatic carbocycles. The molecule has 0 spiro atoms. The van der Waals surface area contributed by atoms with Gasteiger partial charge in [0, 0.05) is 19.3 Å². The summed E-state index contributed by atoms with van der Waals surface area (Å²) in [7, 11) is 0. The highest BCUT2D eigenvalue weighted by molar-refractivity contribution is 7.98. The molecule has 0 bridgehead atoms. The second-order valence-electron chi connectivity index (χ2n) is 12.3. The second-order valence-corrected chi connectivity index (χ2v) is 13.3. The van der Waals surface area contributed by atoms with E-state index in [9.17, 15) is 34.2 Å². The van der Waals surface area contributed by atoms with Gasteiger partial charge in [-0.25, -0.2) is 9.59 Å². The molecule has 12 nitrogen and oxygen atoms in total. The summed E-state index contributed by atoms with van der Waals surface area (Å²) in [6, 6.07) is 28.3. The maximum absolute atomic E-state index is 14.1. The number of hydrogen-bond acceptors (Lipinski definition) is 8. The number of carboxylic acid groups (broad SMARTS) is 1. The number of benzene rings is 4. The highest BCUT2D eigenvalue weighted by atomic mass is 32.2. The molecular weight excluding hydrogens is 697 g/mol. The molecule has 0 fully saturated rings. The van der Waals surface area contributed by atoms with E-state index in [4.69, 9.17) is 4.74 Å². The normalized spacial score (nSPS) is 13.0. The molecule has 0 saturated carbocycles. The number of phenols is 1. The van der Waals surface area contributed by atoms with Crippen molar-refractivity contribution in [3.8, 4) is 5.75 Å². The Labute approximate surface area is 312 Å². The molecule has 53 heavy (non-hydrogen) atoms. The first-order chi connectivity index (χ1) is 25.6. The van der Waals surface area contributed by atoms with Crippen molar-refractivity contribution in [2.75, 3.05) is 12.0 Å². The highest BCUT2D eigenvalue weighted by Crippen LogP contribution is 2.14. The Kier molecular flexibility index (Phi) is 15.7. The van der Waals surface area contributed by atoms with Crippen LogP contribution in [0.4, 0.5) is 4.79 Å². The third kappa shape index (κ3) is 13.7. The van der Waals surface area contributed by atoms with Crippen molar-refractivity contribution in [3.05, 3.63) is 138 Å². The fourth-order valence-electron chi connectivity index (χ4n) is 5.41. The third-order valence-corrected chi connectivity index (χ3v) is 8.90. The van der Waals surface area contributed by atoms with Crippen LogP contribution in [-0.2, 0) is 49.8 Å². The van der Waals surface area contributed by atoms with Gasteiger partial charge in [0.1, 0.15) is 36.5 Å². The SMILES string of the molecule is CSCC[C@@H](NC(=O)[C@@H](Cc1ccc(O)cc1)NC(=O)[C@@H](Cc1ccccc1)NC(=O)[C@H](Cc1ccccc1)NC(=O)OCc1ccccc1)C(=O)O. The molecule has 4 atom stereocenters. The molecule has 0 aliphatic heterocycles. The van der Waals surface area contributed by atoms with Gasteiger partial charge in [0.15, 0.2) is 0 Å². The smallest absolute Gasteiger partial charge is 0.408 e. The zero-order valence-corrected chi connectivity index (χ0v) is 30.1. The van der Waals surface area contributed by atoms with Crippen molar-refractivity contribution in [2.45, 2.75) is 56.5 Å². The molecule has 0 saturated heterocycles. The minimum absolute atomic E-state index is 0.00930. The first kappa shape index (κ1) is 40.0. The first-order valence-corrected chi connectivity index (χ1v) is 18.5. The van der Waals surface area contributed by atoms with Gasteiger partial charge in [-0.05, 0) is 52.8 Å². The predicted octanol–water partition coefficient (Wildman–Crippen LogP) is 4.01. The average molecular weight is 741 g/mol. The summed E-state index contributed by atoms with van der Waals surface area (Å²) in [5.74, 6) is -2.82. The fourth-order valence-corrected chi connectivity index (χ4v) is 5.88. The van der Waals surface area contributed by atoms with E-state index in [1.165, 1.54) is 23.9 Å². The topological polar surface area (TPSA) is 183 Å².